The van der Waals surface area contributed by atoms with Crippen LogP contribution in [0.1, 0.15) is 27.8 Å². The van der Waals surface area contributed by atoms with Crippen LogP contribution in [0.25, 0.3) is 11.1 Å². The highest BCUT2D eigenvalue weighted by Gasteiger charge is 2.42. The normalized spacial score (nSPS) is 20.1. The summed E-state index contributed by atoms with van der Waals surface area (Å²) in [6.07, 6.45) is -0.442. The number of hydrogen-bond donors (Lipinski definition) is 1. The molecule has 0 bridgehead atoms. The lowest BCUT2D eigenvalue weighted by Crippen LogP contribution is -2.31. The van der Waals surface area contributed by atoms with Gasteiger partial charge in [-0.05, 0) is 33.7 Å². The van der Waals surface area contributed by atoms with Crippen molar-refractivity contribution >= 4 is 23.4 Å². The molecule has 2 atom stereocenters. The van der Waals surface area contributed by atoms with E-state index >= 15 is 0 Å². The van der Waals surface area contributed by atoms with Gasteiger partial charge in [-0.15, -0.1) is 11.3 Å². The summed E-state index contributed by atoms with van der Waals surface area (Å²) >= 11 is 1.53. The van der Waals surface area contributed by atoms with E-state index in [1.165, 1.54) is 27.4 Å². The Kier molecular flexibility index (Phi) is 4.79. The maximum absolute atomic E-state index is 12.8. The lowest BCUT2D eigenvalue weighted by atomic mass is 9.95. The molecule has 152 valence electrons. The number of benzene rings is 2. The highest BCUT2D eigenvalue weighted by Crippen LogP contribution is 2.44. The zero-order valence-corrected chi connectivity index (χ0v) is 17.0. The zero-order valence-electron chi connectivity index (χ0n) is 16.2. The number of amides is 1. The summed E-state index contributed by atoms with van der Waals surface area (Å²) in [6, 6.07) is 20.2. The molecule has 3 aromatic rings. The average Bonchev–Trinajstić information content (AvgIpc) is 3.49. The molecule has 6 heteroatoms. The first-order valence-electron chi connectivity index (χ1n) is 9.99. The minimum absolute atomic E-state index is 0.00711. The second kappa shape index (κ2) is 7.61. The van der Waals surface area contributed by atoms with Gasteiger partial charge in [0.05, 0.1) is 5.92 Å². The maximum Gasteiger partial charge on any atom is 0.409 e. The third kappa shape index (κ3) is 3.17. The van der Waals surface area contributed by atoms with Gasteiger partial charge >= 0.3 is 12.1 Å². The molecular weight excluding hydrogens is 398 g/mol. The quantitative estimate of drug-likeness (QED) is 0.660. The summed E-state index contributed by atoms with van der Waals surface area (Å²) in [5.41, 5.74) is 4.68. The molecule has 2 heterocycles. The number of hydrogen-bond acceptors (Lipinski definition) is 4. The van der Waals surface area contributed by atoms with Crippen LogP contribution in [0, 0.1) is 5.92 Å². The molecule has 5 rings (SSSR count). The first-order valence-corrected chi connectivity index (χ1v) is 10.9. The molecule has 1 aliphatic carbocycles. The molecule has 5 nitrogen and oxygen atoms in total. The molecule has 2 aliphatic rings. The minimum atomic E-state index is -0.873. The van der Waals surface area contributed by atoms with Gasteiger partial charge in [-0.2, -0.15) is 0 Å². The molecule has 2 aromatic carbocycles. The number of carbonyl (C=O) groups is 2. The van der Waals surface area contributed by atoms with Gasteiger partial charge < -0.3 is 14.7 Å². The SMILES string of the molecule is O=C(O)C1CN(C(=O)OCC2c3ccccc3-c3ccccc32)CC1c1cccs1. The van der Waals surface area contributed by atoms with E-state index in [9.17, 15) is 14.7 Å². The van der Waals surface area contributed by atoms with E-state index in [2.05, 4.69) is 24.3 Å². The molecule has 1 aliphatic heterocycles. The molecule has 1 amide bonds. The Bertz CT molecular complexity index is 1050. The number of aliphatic carboxylic acids is 1. The van der Waals surface area contributed by atoms with Crippen LogP contribution in [-0.2, 0) is 9.53 Å². The van der Waals surface area contributed by atoms with E-state index < -0.39 is 18.0 Å². The van der Waals surface area contributed by atoms with Crippen molar-refractivity contribution in [3.05, 3.63) is 82.0 Å². The van der Waals surface area contributed by atoms with Crippen molar-refractivity contribution in [3.63, 3.8) is 0 Å². The van der Waals surface area contributed by atoms with E-state index in [4.69, 9.17) is 4.74 Å². The highest BCUT2D eigenvalue weighted by molar-refractivity contribution is 7.10. The molecule has 30 heavy (non-hydrogen) atoms. The van der Waals surface area contributed by atoms with Gasteiger partial charge in [0.15, 0.2) is 0 Å². The molecule has 0 saturated carbocycles. The number of ether oxygens (including phenoxy) is 1. The van der Waals surface area contributed by atoms with E-state index in [0.717, 1.165) is 16.0 Å². The van der Waals surface area contributed by atoms with Crippen LogP contribution in [-0.4, -0.2) is 41.8 Å². The second-order valence-corrected chi connectivity index (χ2v) is 8.75. The first-order chi connectivity index (χ1) is 14.6. The number of thiophene rings is 1. The van der Waals surface area contributed by atoms with Crippen molar-refractivity contribution in [2.45, 2.75) is 11.8 Å². The van der Waals surface area contributed by atoms with Crippen LogP contribution < -0.4 is 0 Å². The summed E-state index contributed by atoms with van der Waals surface area (Å²) < 4.78 is 5.71. The van der Waals surface area contributed by atoms with Crippen molar-refractivity contribution in [3.8, 4) is 11.1 Å². The number of likely N-dealkylation sites (tertiary alicyclic amines) is 1. The van der Waals surface area contributed by atoms with Gasteiger partial charge in [-0.1, -0.05) is 54.6 Å². The van der Waals surface area contributed by atoms with Crippen LogP contribution in [0.2, 0.25) is 0 Å². The van der Waals surface area contributed by atoms with Gasteiger partial charge in [-0.3, -0.25) is 4.79 Å². The molecule has 0 radical (unpaired) electrons. The van der Waals surface area contributed by atoms with E-state index in [-0.39, 0.29) is 25.0 Å². The predicted octanol–water partition coefficient (Wildman–Crippen LogP) is 4.80. The van der Waals surface area contributed by atoms with Crippen LogP contribution in [0.15, 0.2) is 66.0 Å². The number of nitrogens with zero attached hydrogens (tertiary/aromatic N) is 1. The fourth-order valence-electron chi connectivity index (χ4n) is 4.68. The Morgan fingerprint density at radius 1 is 0.967 bits per heavy atom. The Morgan fingerprint density at radius 2 is 1.63 bits per heavy atom. The number of carbonyl (C=O) groups excluding carboxylic acids is 1. The van der Waals surface area contributed by atoms with Gasteiger partial charge in [0.25, 0.3) is 0 Å². The Labute approximate surface area is 178 Å². The summed E-state index contributed by atoms with van der Waals surface area (Å²) in [6.45, 7) is 0.785. The number of carboxylic acid groups (broad SMARTS) is 1. The van der Waals surface area contributed by atoms with Gasteiger partial charge in [0.2, 0.25) is 0 Å². The molecule has 2 unspecified atom stereocenters. The third-order valence-corrected chi connectivity index (χ3v) is 7.14. The summed E-state index contributed by atoms with van der Waals surface area (Å²) in [7, 11) is 0. The summed E-state index contributed by atoms with van der Waals surface area (Å²) in [5, 5.41) is 11.6. The molecule has 1 fully saturated rings. The first kappa shape index (κ1) is 18.9. The molecule has 1 aromatic heterocycles. The Morgan fingerprint density at radius 3 is 2.23 bits per heavy atom. The summed E-state index contributed by atoms with van der Waals surface area (Å²) in [4.78, 5) is 27.1. The van der Waals surface area contributed by atoms with Gasteiger partial charge in [0, 0.05) is 29.8 Å². The van der Waals surface area contributed by atoms with Crippen LogP contribution in [0.4, 0.5) is 4.79 Å². The van der Waals surface area contributed by atoms with Crippen LogP contribution in [0.3, 0.4) is 0 Å². The largest absolute Gasteiger partial charge is 0.481 e. The molecule has 1 N–H and O–H groups in total. The Hall–Kier alpha value is -3.12. The zero-order chi connectivity index (χ0) is 20.7. The topological polar surface area (TPSA) is 66.8 Å². The predicted molar refractivity (Wildman–Crippen MR) is 115 cm³/mol. The van der Waals surface area contributed by atoms with Crippen molar-refractivity contribution < 1.29 is 19.4 Å². The van der Waals surface area contributed by atoms with Gasteiger partial charge in [-0.25, -0.2) is 4.79 Å². The minimum Gasteiger partial charge on any atom is -0.481 e. The molecule has 0 spiro atoms. The van der Waals surface area contributed by atoms with Crippen LogP contribution >= 0.6 is 11.3 Å². The highest BCUT2D eigenvalue weighted by atomic mass is 32.1. The third-order valence-electron chi connectivity index (χ3n) is 6.14. The standard InChI is InChI=1S/C24H21NO4S/c26-23(27)20-13-25(12-19(20)22-10-5-11-30-22)24(28)29-14-21-17-8-3-1-6-15(17)16-7-2-4-9-18(16)21/h1-11,19-21H,12-14H2,(H,26,27). The fraction of sp³-hybridized carbons (Fsp3) is 0.250. The lowest BCUT2D eigenvalue weighted by Gasteiger charge is -2.19. The maximum atomic E-state index is 12.8. The van der Waals surface area contributed by atoms with E-state index in [0.29, 0.717) is 6.54 Å². The van der Waals surface area contributed by atoms with Crippen molar-refractivity contribution in [1.82, 2.24) is 4.90 Å². The number of fused-ring (bicyclic) bond motifs is 3. The Balaban J connectivity index is 1.32. The average molecular weight is 420 g/mol. The smallest absolute Gasteiger partial charge is 0.409 e. The van der Waals surface area contributed by atoms with Crippen LogP contribution in [0.5, 0.6) is 0 Å². The molecular formula is C24H21NO4S. The van der Waals surface area contributed by atoms with Crippen molar-refractivity contribution in [2.75, 3.05) is 19.7 Å². The molecule has 1 saturated heterocycles. The second-order valence-electron chi connectivity index (χ2n) is 7.78. The van der Waals surface area contributed by atoms with Crippen molar-refractivity contribution in [2.24, 2.45) is 5.92 Å². The van der Waals surface area contributed by atoms with Gasteiger partial charge in [0.1, 0.15) is 6.61 Å². The van der Waals surface area contributed by atoms with E-state index in [1.54, 1.807) is 0 Å². The van der Waals surface area contributed by atoms with E-state index in [1.807, 2.05) is 41.8 Å². The monoisotopic (exact) mass is 419 g/mol. The number of carboxylic acids is 1. The lowest BCUT2D eigenvalue weighted by molar-refractivity contribution is -0.141. The fourth-order valence-corrected chi connectivity index (χ4v) is 5.56. The van der Waals surface area contributed by atoms with Crippen molar-refractivity contribution in [1.29, 1.82) is 0 Å². The number of rotatable bonds is 4. The summed E-state index contributed by atoms with van der Waals surface area (Å²) in [5.74, 6) is -1.68.